The van der Waals surface area contributed by atoms with E-state index in [4.69, 9.17) is 0 Å². The van der Waals surface area contributed by atoms with Crippen molar-refractivity contribution in [1.82, 2.24) is 20.0 Å². The van der Waals surface area contributed by atoms with Crippen molar-refractivity contribution in [3.63, 3.8) is 0 Å². The summed E-state index contributed by atoms with van der Waals surface area (Å²) in [7, 11) is 0. The van der Waals surface area contributed by atoms with Crippen molar-refractivity contribution in [2.24, 2.45) is 0 Å². The second kappa shape index (κ2) is 7.10. The maximum Gasteiger partial charge on any atom is 0.438 e. The first-order chi connectivity index (χ1) is 12.0. The average molecular weight is 405 g/mol. The van der Waals surface area contributed by atoms with Crippen molar-refractivity contribution in [2.75, 3.05) is 6.54 Å². The zero-order valence-electron chi connectivity index (χ0n) is 13.8. The van der Waals surface area contributed by atoms with Crippen LogP contribution in [-0.4, -0.2) is 27.2 Å². The first-order valence-electron chi connectivity index (χ1n) is 7.73. The van der Waals surface area contributed by atoms with Gasteiger partial charge in [-0.2, -0.15) is 0 Å². The highest BCUT2D eigenvalue weighted by Crippen LogP contribution is 2.22. The van der Waals surface area contributed by atoms with Gasteiger partial charge in [0.25, 0.3) is 5.91 Å². The van der Waals surface area contributed by atoms with Crippen LogP contribution in [0.2, 0.25) is 0 Å². The largest absolute Gasteiger partial charge is 0.438 e. The lowest BCUT2D eigenvalue weighted by Gasteiger charge is -2.10. The lowest BCUT2D eigenvalue weighted by atomic mass is 10.2. The molecule has 0 aliphatic rings. The Morgan fingerprint density at radius 1 is 1.32 bits per heavy atom. The van der Waals surface area contributed by atoms with Crippen LogP contribution in [0.25, 0.3) is 5.69 Å². The number of benzene rings is 1. The minimum absolute atomic E-state index is 0.165. The smallest absolute Gasteiger partial charge is 0.352 e. The summed E-state index contributed by atoms with van der Waals surface area (Å²) in [6.45, 7) is 4.23. The predicted molar refractivity (Wildman–Crippen MR) is 96.1 cm³/mol. The van der Waals surface area contributed by atoms with E-state index < -0.39 is 5.76 Å². The Morgan fingerprint density at radius 2 is 2.04 bits per heavy atom. The third-order valence-electron chi connectivity index (χ3n) is 3.89. The molecule has 0 saturated carbocycles. The summed E-state index contributed by atoms with van der Waals surface area (Å²) in [5, 5.41) is 6.40. The van der Waals surface area contributed by atoms with Gasteiger partial charge in [-0.3, -0.25) is 14.3 Å². The third-order valence-corrected chi connectivity index (χ3v) is 4.42. The second-order valence-corrected chi connectivity index (χ2v) is 6.56. The van der Waals surface area contributed by atoms with Crippen LogP contribution in [0.4, 0.5) is 0 Å². The van der Waals surface area contributed by atoms with Gasteiger partial charge in [0, 0.05) is 34.5 Å². The molecule has 1 aromatic carbocycles. The van der Waals surface area contributed by atoms with Crippen LogP contribution in [-0.2, 0) is 6.42 Å². The number of rotatable bonds is 5. The normalized spacial score (nSPS) is 10.8. The number of hydrogen-bond acceptors (Lipinski definition) is 4. The van der Waals surface area contributed by atoms with E-state index in [1.54, 1.807) is 0 Å². The quantitative estimate of drug-likeness (QED) is 0.682. The Kier molecular flexibility index (Phi) is 4.89. The Labute approximate surface area is 152 Å². The molecule has 8 heteroatoms. The van der Waals surface area contributed by atoms with Crippen molar-refractivity contribution in [3.05, 3.63) is 68.1 Å². The summed E-state index contributed by atoms with van der Waals surface area (Å²) in [4.78, 5) is 25.8. The molecule has 25 heavy (non-hydrogen) atoms. The predicted octanol–water partition coefficient (Wildman–Crippen LogP) is 2.51. The third kappa shape index (κ3) is 3.74. The molecule has 3 aromatic rings. The van der Waals surface area contributed by atoms with E-state index in [2.05, 4.69) is 35.9 Å². The van der Waals surface area contributed by atoms with Crippen LogP contribution < -0.4 is 11.1 Å². The minimum Gasteiger partial charge on any atom is -0.352 e. The highest BCUT2D eigenvalue weighted by molar-refractivity contribution is 9.10. The van der Waals surface area contributed by atoms with Gasteiger partial charge in [0.2, 0.25) is 0 Å². The number of H-pyrrole nitrogens is 1. The Bertz CT molecular complexity index is 953. The van der Waals surface area contributed by atoms with E-state index in [9.17, 15) is 9.59 Å². The molecule has 130 valence electrons. The van der Waals surface area contributed by atoms with E-state index >= 15 is 0 Å². The van der Waals surface area contributed by atoms with Crippen LogP contribution in [0.15, 0.2) is 44.1 Å². The Hall–Kier alpha value is -2.61. The molecule has 3 rings (SSSR count). The first-order valence-corrected chi connectivity index (χ1v) is 8.53. The number of carbonyl (C=O) groups is 1. The van der Waals surface area contributed by atoms with Gasteiger partial charge in [0.1, 0.15) is 0 Å². The SMILES string of the molecule is Cc1cc(C(=O)NCCc2noc(=O)[nH]2)c(C)n1-c1ccc(Br)cc1. The topological polar surface area (TPSA) is 92.9 Å². The van der Waals surface area contributed by atoms with Crippen molar-refractivity contribution < 1.29 is 9.32 Å². The molecule has 2 heterocycles. The molecule has 7 nitrogen and oxygen atoms in total. The monoisotopic (exact) mass is 404 g/mol. The lowest BCUT2D eigenvalue weighted by molar-refractivity contribution is 0.0953. The molecule has 2 aromatic heterocycles. The van der Waals surface area contributed by atoms with Gasteiger partial charge in [-0.05, 0) is 44.2 Å². The standard InChI is InChI=1S/C17H17BrN4O3/c1-10-9-14(11(2)22(10)13-5-3-12(18)4-6-13)16(23)19-8-7-15-20-17(24)25-21-15/h3-6,9H,7-8H2,1-2H3,(H,19,23)(H,20,21,24). The molecule has 0 bridgehead atoms. The van der Waals surface area contributed by atoms with Gasteiger partial charge in [0.15, 0.2) is 5.82 Å². The van der Waals surface area contributed by atoms with Crippen molar-refractivity contribution in [1.29, 1.82) is 0 Å². The number of nitrogens with one attached hydrogen (secondary N) is 2. The van der Waals surface area contributed by atoms with Crippen molar-refractivity contribution in [3.8, 4) is 5.69 Å². The number of halogens is 1. The molecular weight excluding hydrogens is 388 g/mol. The highest BCUT2D eigenvalue weighted by Gasteiger charge is 2.16. The van der Waals surface area contributed by atoms with Crippen molar-refractivity contribution in [2.45, 2.75) is 20.3 Å². The number of aromatic amines is 1. The molecule has 0 atom stereocenters. The van der Waals surface area contributed by atoms with Gasteiger partial charge in [-0.25, -0.2) is 4.79 Å². The summed E-state index contributed by atoms with van der Waals surface area (Å²) in [6, 6.07) is 9.78. The maximum atomic E-state index is 12.5. The maximum absolute atomic E-state index is 12.5. The van der Waals surface area contributed by atoms with E-state index in [0.29, 0.717) is 24.4 Å². The fourth-order valence-corrected chi connectivity index (χ4v) is 3.00. The van der Waals surface area contributed by atoms with Crippen LogP contribution >= 0.6 is 15.9 Å². The van der Waals surface area contributed by atoms with E-state index in [0.717, 1.165) is 21.5 Å². The van der Waals surface area contributed by atoms with Gasteiger partial charge < -0.3 is 9.88 Å². The Balaban J connectivity index is 1.73. The molecule has 1 amide bonds. The van der Waals surface area contributed by atoms with Crippen LogP contribution in [0.5, 0.6) is 0 Å². The molecule has 0 unspecified atom stereocenters. The number of hydrogen-bond donors (Lipinski definition) is 2. The molecule has 0 fully saturated rings. The molecule has 0 aliphatic carbocycles. The molecule has 0 radical (unpaired) electrons. The summed E-state index contributed by atoms with van der Waals surface area (Å²) < 4.78 is 7.46. The zero-order valence-corrected chi connectivity index (χ0v) is 15.4. The summed E-state index contributed by atoms with van der Waals surface area (Å²) in [5.41, 5.74) is 3.46. The fourth-order valence-electron chi connectivity index (χ4n) is 2.74. The molecule has 0 saturated heterocycles. The zero-order chi connectivity index (χ0) is 18.0. The van der Waals surface area contributed by atoms with Gasteiger partial charge in [-0.1, -0.05) is 21.1 Å². The highest BCUT2D eigenvalue weighted by atomic mass is 79.9. The number of aryl methyl sites for hydroxylation is 1. The molecular formula is C17H17BrN4O3. The second-order valence-electron chi connectivity index (χ2n) is 5.64. The van der Waals surface area contributed by atoms with Crippen molar-refractivity contribution >= 4 is 21.8 Å². The Morgan fingerprint density at radius 3 is 2.68 bits per heavy atom. The number of amides is 1. The number of carbonyl (C=O) groups excluding carboxylic acids is 1. The van der Waals surface area contributed by atoms with E-state index in [-0.39, 0.29) is 5.91 Å². The average Bonchev–Trinajstić information content (AvgIpc) is 3.12. The summed E-state index contributed by atoms with van der Waals surface area (Å²) in [5.74, 6) is -0.354. The molecule has 0 spiro atoms. The molecule has 0 aliphatic heterocycles. The fraction of sp³-hybridized carbons (Fsp3) is 0.235. The number of aromatic nitrogens is 3. The summed E-state index contributed by atoms with van der Waals surface area (Å²) in [6.07, 6.45) is 0.392. The van der Waals surface area contributed by atoms with Gasteiger partial charge in [0.05, 0.1) is 5.56 Å². The van der Waals surface area contributed by atoms with E-state index in [1.807, 2.05) is 48.7 Å². The van der Waals surface area contributed by atoms with Gasteiger partial charge in [-0.15, -0.1) is 0 Å². The molecule has 2 N–H and O–H groups in total. The summed E-state index contributed by atoms with van der Waals surface area (Å²) >= 11 is 3.43. The van der Waals surface area contributed by atoms with Gasteiger partial charge >= 0.3 is 5.76 Å². The lowest BCUT2D eigenvalue weighted by Crippen LogP contribution is -2.26. The first kappa shape index (κ1) is 17.2. The van der Waals surface area contributed by atoms with Crippen LogP contribution in [0, 0.1) is 13.8 Å². The van der Waals surface area contributed by atoms with E-state index in [1.165, 1.54) is 0 Å². The minimum atomic E-state index is -0.598. The van der Waals surface area contributed by atoms with Crippen LogP contribution in [0.1, 0.15) is 27.6 Å². The van der Waals surface area contributed by atoms with Crippen LogP contribution in [0.3, 0.4) is 0 Å². The number of nitrogens with zero attached hydrogens (tertiary/aromatic N) is 2.